The summed E-state index contributed by atoms with van der Waals surface area (Å²) in [5, 5.41) is 8.11. The number of nitrogens with one attached hydrogen (secondary N) is 3. The van der Waals surface area contributed by atoms with Gasteiger partial charge in [0, 0.05) is 0 Å². The zero-order valence-corrected chi connectivity index (χ0v) is 8.64. The van der Waals surface area contributed by atoms with Crippen molar-refractivity contribution in [3.8, 4) is 0 Å². The average molecular weight is 254 g/mol. The number of hydrogen-bond donors (Lipinski definition) is 4. The molecule has 0 bridgehead atoms. The Hall–Kier alpha value is -2.91. The first kappa shape index (κ1) is 11.6. The molecule has 0 aliphatic carbocycles. The van der Waals surface area contributed by atoms with Gasteiger partial charge in [-0.25, -0.2) is 9.59 Å². The number of carboxylic acids is 1. The number of nitrogens with zero attached hydrogens (tertiary/aromatic N) is 1. The smallest absolute Gasteiger partial charge is 0.330 e. The number of aromatic nitrogens is 4. The van der Waals surface area contributed by atoms with Crippen LogP contribution in [0.1, 0.15) is 0 Å². The molecule has 0 radical (unpaired) electrons. The largest absolute Gasteiger partial charge is 0.480 e. The molecule has 0 spiro atoms. The number of carbonyl (C=O) groups is 1. The van der Waals surface area contributed by atoms with Crippen LogP contribution >= 0.6 is 0 Å². The van der Waals surface area contributed by atoms with Gasteiger partial charge in [-0.3, -0.25) is 33.9 Å². The summed E-state index contributed by atoms with van der Waals surface area (Å²) in [4.78, 5) is 61.6. The van der Waals surface area contributed by atoms with Crippen LogP contribution in [-0.4, -0.2) is 30.6 Å². The predicted molar refractivity (Wildman–Crippen MR) is 57.7 cm³/mol. The van der Waals surface area contributed by atoms with Gasteiger partial charge in [-0.2, -0.15) is 0 Å². The molecule has 0 amide bonds. The molecule has 94 valence electrons. The van der Waals surface area contributed by atoms with E-state index in [1.54, 1.807) is 9.97 Å². The summed E-state index contributed by atoms with van der Waals surface area (Å²) in [6.45, 7) is -0.800. The third kappa shape index (κ3) is 1.75. The van der Waals surface area contributed by atoms with Crippen LogP contribution in [-0.2, 0) is 11.3 Å². The maximum atomic E-state index is 11.4. The van der Waals surface area contributed by atoms with Crippen molar-refractivity contribution < 1.29 is 9.90 Å². The average Bonchev–Trinajstić information content (AvgIpc) is 2.22. The summed E-state index contributed by atoms with van der Waals surface area (Å²) in [7, 11) is 0. The molecule has 0 atom stereocenters. The van der Waals surface area contributed by atoms with Crippen molar-refractivity contribution >= 4 is 17.0 Å². The second-order valence-electron chi connectivity index (χ2n) is 3.37. The molecule has 10 nitrogen and oxygen atoms in total. The molecule has 10 heteroatoms. The lowest BCUT2D eigenvalue weighted by Gasteiger charge is -2.04. The van der Waals surface area contributed by atoms with Crippen LogP contribution in [0, 0.1) is 0 Å². The van der Waals surface area contributed by atoms with Crippen molar-refractivity contribution in [2.45, 2.75) is 6.54 Å². The van der Waals surface area contributed by atoms with Gasteiger partial charge >= 0.3 is 17.3 Å². The molecule has 0 saturated carbocycles. The minimum absolute atomic E-state index is 0.431. The van der Waals surface area contributed by atoms with Crippen molar-refractivity contribution in [1.82, 2.24) is 19.5 Å². The summed E-state index contributed by atoms with van der Waals surface area (Å²) in [5.74, 6) is -1.37. The predicted octanol–water partition coefficient (Wildman–Crippen LogP) is -2.85. The standard InChI is InChI=1S/C8H6N4O6/c13-2(14)1-12-4-3(6(16)11-8(12)18)5(15)10-7(17)9-4/h1H2,(H,13,14)(H,11,16,18)(H2,9,10,15,17). The van der Waals surface area contributed by atoms with Crippen LogP contribution in [0.15, 0.2) is 19.2 Å². The quantitative estimate of drug-likeness (QED) is 0.451. The van der Waals surface area contributed by atoms with E-state index < -0.39 is 46.0 Å². The molecule has 2 aromatic rings. The number of aliphatic carboxylic acids is 1. The van der Waals surface area contributed by atoms with Gasteiger partial charge in [-0.15, -0.1) is 0 Å². The summed E-state index contributed by atoms with van der Waals surface area (Å²) in [6, 6.07) is 0. The van der Waals surface area contributed by atoms with E-state index in [-0.39, 0.29) is 0 Å². The van der Waals surface area contributed by atoms with Gasteiger partial charge in [0.2, 0.25) is 0 Å². The topological polar surface area (TPSA) is 158 Å². The molecule has 0 saturated heterocycles. The van der Waals surface area contributed by atoms with Crippen molar-refractivity contribution in [1.29, 1.82) is 0 Å². The van der Waals surface area contributed by atoms with E-state index in [1.807, 2.05) is 0 Å². The molecule has 0 unspecified atom stereocenters. The Morgan fingerprint density at radius 2 is 1.67 bits per heavy atom. The molecule has 2 rings (SSSR count). The molecule has 0 fully saturated rings. The normalized spacial score (nSPS) is 10.7. The van der Waals surface area contributed by atoms with E-state index in [9.17, 15) is 24.0 Å². The Labute approximate surface area is 95.5 Å². The van der Waals surface area contributed by atoms with Crippen molar-refractivity contribution in [2.75, 3.05) is 0 Å². The molecule has 0 aliphatic heterocycles. The minimum Gasteiger partial charge on any atom is -0.480 e. The molecule has 4 N–H and O–H groups in total. The molecule has 0 aliphatic rings. The number of hydrogen-bond acceptors (Lipinski definition) is 5. The van der Waals surface area contributed by atoms with Crippen LogP contribution in [0.4, 0.5) is 0 Å². The fraction of sp³-hybridized carbons (Fsp3) is 0.125. The third-order valence-corrected chi connectivity index (χ3v) is 2.18. The monoisotopic (exact) mass is 254 g/mol. The molecular formula is C8H6N4O6. The Morgan fingerprint density at radius 3 is 2.28 bits per heavy atom. The van der Waals surface area contributed by atoms with Crippen LogP contribution < -0.4 is 22.5 Å². The molecule has 2 aromatic heterocycles. The Kier molecular flexibility index (Phi) is 2.47. The first-order chi connectivity index (χ1) is 8.40. The van der Waals surface area contributed by atoms with Crippen LogP contribution in [0.25, 0.3) is 11.0 Å². The molecular weight excluding hydrogens is 248 g/mol. The van der Waals surface area contributed by atoms with Crippen molar-refractivity contribution in [3.05, 3.63) is 41.7 Å². The van der Waals surface area contributed by atoms with E-state index in [1.165, 1.54) is 0 Å². The maximum absolute atomic E-state index is 11.4. The van der Waals surface area contributed by atoms with Crippen molar-refractivity contribution in [3.63, 3.8) is 0 Å². The Balaban J connectivity index is 3.08. The summed E-state index contributed by atoms with van der Waals surface area (Å²) in [5.41, 5.74) is -4.42. The van der Waals surface area contributed by atoms with Gasteiger partial charge in [0.25, 0.3) is 11.1 Å². The highest BCUT2D eigenvalue weighted by Crippen LogP contribution is 1.94. The second kappa shape index (κ2) is 3.84. The van der Waals surface area contributed by atoms with E-state index in [0.717, 1.165) is 0 Å². The second-order valence-corrected chi connectivity index (χ2v) is 3.37. The van der Waals surface area contributed by atoms with Gasteiger partial charge in [0.05, 0.1) is 0 Å². The lowest BCUT2D eigenvalue weighted by atomic mass is 10.4. The van der Waals surface area contributed by atoms with Crippen molar-refractivity contribution in [2.24, 2.45) is 0 Å². The van der Waals surface area contributed by atoms with Gasteiger partial charge in [-0.1, -0.05) is 0 Å². The highest BCUT2D eigenvalue weighted by molar-refractivity contribution is 5.74. The van der Waals surface area contributed by atoms with Crippen LogP contribution in [0.5, 0.6) is 0 Å². The summed E-state index contributed by atoms with van der Waals surface area (Å²) >= 11 is 0. The van der Waals surface area contributed by atoms with E-state index in [4.69, 9.17) is 5.11 Å². The van der Waals surface area contributed by atoms with E-state index in [2.05, 4.69) is 4.98 Å². The molecule has 2 heterocycles. The van der Waals surface area contributed by atoms with Gasteiger partial charge < -0.3 is 5.11 Å². The first-order valence-electron chi connectivity index (χ1n) is 4.61. The number of H-pyrrole nitrogens is 3. The summed E-state index contributed by atoms with van der Waals surface area (Å²) in [6.07, 6.45) is 0. The highest BCUT2D eigenvalue weighted by atomic mass is 16.4. The Bertz CT molecular complexity index is 853. The zero-order valence-electron chi connectivity index (χ0n) is 8.64. The number of fused-ring (bicyclic) bond motifs is 1. The van der Waals surface area contributed by atoms with E-state index in [0.29, 0.717) is 4.57 Å². The fourth-order valence-corrected chi connectivity index (χ4v) is 1.50. The molecule has 18 heavy (non-hydrogen) atoms. The molecule has 0 aromatic carbocycles. The lowest BCUT2D eigenvalue weighted by Crippen LogP contribution is -2.38. The zero-order chi connectivity index (χ0) is 13.4. The van der Waals surface area contributed by atoms with Gasteiger partial charge in [0.1, 0.15) is 17.6 Å². The van der Waals surface area contributed by atoms with Crippen LogP contribution in [0.2, 0.25) is 0 Å². The first-order valence-corrected chi connectivity index (χ1v) is 4.61. The Morgan fingerprint density at radius 1 is 1.06 bits per heavy atom. The highest BCUT2D eigenvalue weighted by Gasteiger charge is 2.13. The SMILES string of the molecule is O=C(O)Cn1c(=O)[nH]c(=O)c2c(=O)[nH]c(=O)[nH]c21. The fourth-order valence-electron chi connectivity index (χ4n) is 1.50. The van der Waals surface area contributed by atoms with Crippen LogP contribution in [0.3, 0.4) is 0 Å². The maximum Gasteiger partial charge on any atom is 0.330 e. The number of carboxylic acid groups (broad SMARTS) is 1. The van der Waals surface area contributed by atoms with E-state index >= 15 is 0 Å². The number of rotatable bonds is 2. The third-order valence-electron chi connectivity index (χ3n) is 2.18. The minimum atomic E-state index is -1.37. The van der Waals surface area contributed by atoms with Gasteiger partial charge in [-0.05, 0) is 0 Å². The number of aromatic amines is 3. The summed E-state index contributed by atoms with van der Waals surface area (Å²) < 4.78 is 0.579. The lowest BCUT2D eigenvalue weighted by molar-refractivity contribution is -0.137. The van der Waals surface area contributed by atoms with Gasteiger partial charge in [0.15, 0.2) is 0 Å².